The largest absolute Gasteiger partial charge is 0.495 e. The number of hydrogen-bond donors (Lipinski definition) is 2. The summed E-state index contributed by atoms with van der Waals surface area (Å²) in [7, 11) is -2.38. The van der Waals surface area contributed by atoms with Gasteiger partial charge in [0.15, 0.2) is 0 Å². The van der Waals surface area contributed by atoms with E-state index in [-0.39, 0.29) is 41.2 Å². The molecule has 1 amide bonds. The molecule has 1 heterocycles. The highest BCUT2D eigenvalue weighted by Gasteiger charge is 2.30. The first-order valence-corrected chi connectivity index (χ1v) is 10.6. The highest BCUT2D eigenvalue weighted by molar-refractivity contribution is 7.89. The van der Waals surface area contributed by atoms with Crippen molar-refractivity contribution in [3.63, 3.8) is 0 Å². The zero-order chi connectivity index (χ0) is 19.9. The molecule has 27 heavy (non-hydrogen) atoms. The number of amides is 1. The molecular formula is C18H29N3O5S. The molecule has 1 atom stereocenters. The van der Waals surface area contributed by atoms with Crippen LogP contribution in [0.5, 0.6) is 5.75 Å². The standard InChI is InChI=1S/C18H29N3O5S/c1-3-4-5-15(13-19)20-18(22)14-6-7-16(25-2)17(12-14)27(23,24)21-8-10-26-11-9-21/h6-7,12,15H,3-5,8-11,13,19H2,1-2H3,(H,20,22). The molecule has 1 saturated heterocycles. The van der Waals surface area contributed by atoms with Crippen LogP contribution in [0.2, 0.25) is 0 Å². The number of rotatable bonds is 9. The third kappa shape index (κ3) is 5.41. The fourth-order valence-corrected chi connectivity index (χ4v) is 4.50. The Kier molecular flexibility index (Phi) is 8.03. The molecule has 1 aromatic rings. The van der Waals surface area contributed by atoms with Gasteiger partial charge < -0.3 is 20.5 Å². The molecule has 1 aliphatic rings. The van der Waals surface area contributed by atoms with Crippen molar-refractivity contribution in [2.45, 2.75) is 37.1 Å². The topological polar surface area (TPSA) is 111 Å². The number of nitrogens with two attached hydrogens (primary N) is 1. The maximum Gasteiger partial charge on any atom is 0.251 e. The Hall–Kier alpha value is -1.68. The molecule has 0 aliphatic carbocycles. The van der Waals surface area contributed by atoms with Crippen LogP contribution in [0.25, 0.3) is 0 Å². The van der Waals surface area contributed by atoms with E-state index in [2.05, 4.69) is 12.2 Å². The maximum atomic E-state index is 13.0. The highest BCUT2D eigenvalue weighted by Crippen LogP contribution is 2.28. The molecule has 0 bridgehead atoms. The molecule has 8 nitrogen and oxygen atoms in total. The van der Waals surface area contributed by atoms with Gasteiger partial charge in [-0.3, -0.25) is 4.79 Å². The van der Waals surface area contributed by atoms with Crippen molar-refractivity contribution < 1.29 is 22.7 Å². The monoisotopic (exact) mass is 399 g/mol. The molecule has 1 aliphatic heterocycles. The molecule has 1 aromatic carbocycles. The zero-order valence-electron chi connectivity index (χ0n) is 15.9. The minimum Gasteiger partial charge on any atom is -0.495 e. The van der Waals surface area contributed by atoms with Crippen molar-refractivity contribution >= 4 is 15.9 Å². The summed E-state index contributed by atoms with van der Waals surface area (Å²) in [6, 6.07) is 4.29. The number of unbranched alkanes of at least 4 members (excludes halogenated alkanes) is 1. The number of nitrogens with zero attached hydrogens (tertiary/aromatic N) is 1. The number of carbonyl (C=O) groups is 1. The lowest BCUT2D eigenvalue weighted by molar-refractivity contribution is 0.0729. The van der Waals surface area contributed by atoms with E-state index in [0.717, 1.165) is 19.3 Å². The van der Waals surface area contributed by atoms with Gasteiger partial charge in [-0.2, -0.15) is 4.31 Å². The Labute approximate surface area is 161 Å². The summed E-state index contributed by atoms with van der Waals surface area (Å²) in [5, 5.41) is 2.88. The average molecular weight is 400 g/mol. The molecule has 0 aromatic heterocycles. The van der Waals surface area contributed by atoms with Gasteiger partial charge in [-0.25, -0.2) is 8.42 Å². The van der Waals surface area contributed by atoms with Crippen molar-refractivity contribution in [2.75, 3.05) is 40.0 Å². The lowest BCUT2D eigenvalue weighted by atomic mass is 10.1. The van der Waals surface area contributed by atoms with Gasteiger partial charge in [0.05, 0.1) is 20.3 Å². The molecule has 0 saturated carbocycles. The van der Waals surface area contributed by atoms with Gasteiger partial charge in [-0.1, -0.05) is 19.8 Å². The van der Waals surface area contributed by atoms with Crippen LogP contribution in [0.15, 0.2) is 23.1 Å². The van der Waals surface area contributed by atoms with E-state index in [1.54, 1.807) is 6.07 Å². The Morgan fingerprint density at radius 3 is 2.67 bits per heavy atom. The SMILES string of the molecule is CCCCC(CN)NC(=O)c1ccc(OC)c(S(=O)(=O)N2CCOCC2)c1. The predicted octanol–water partition coefficient (Wildman–Crippen LogP) is 0.963. The fraction of sp³-hybridized carbons (Fsp3) is 0.611. The lowest BCUT2D eigenvalue weighted by Gasteiger charge is -2.27. The average Bonchev–Trinajstić information content (AvgIpc) is 2.71. The van der Waals surface area contributed by atoms with E-state index in [0.29, 0.717) is 19.8 Å². The Morgan fingerprint density at radius 2 is 2.07 bits per heavy atom. The second kappa shape index (κ2) is 10.0. The maximum absolute atomic E-state index is 13.0. The number of nitrogens with one attached hydrogen (secondary N) is 1. The number of methoxy groups -OCH3 is 1. The zero-order valence-corrected chi connectivity index (χ0v) is 16.8. The number of carbonyl (C=O) groups excluding carboxylic acids is 1. The Bertz CT molecular complexity index is 733. The number of hydrogen-bond acceptors (Lipinski definition) is 6. The summed E-state index contributed by atoms with van der Waals surface area (Å²) in [5.74, 6) is -0.137. The molecule has 0 radical (unpaired) electrons. The first-order chi connectivity index (χ1) is 12.9. The summed E-state index contributed by atoms with van der Waals surface area (Å²) in [4.78, 5) is 12.6. The van der Waals surface area contributed by atoms with Crippen LogP contribution in [0.1, 0.15) is 36.5 Å². The minimum absolute atomic E-state index is 0.0163. The third-order valence-electron chi connectivity index (χ3n) is 4.54. The van der Waals surface area contributed by atoms with Crippen molar-refractivity contribution in [2.24, 2.45) is 5.73 Å². The van der Waals surface area contributed by atoms with Crippen molar-refractivity contribution in [1.82, 2.24) is 9.62 Å². The van der Waals surface area contributed by atoms with E-state index in [1.807, 2.05) is 0 Å². The van der Waals surface area contributed by atoms with Gasteiger partial charge in [-0.15, -0.1) is 0 Å². The van der Waals surface area contributed by atoms with Crippen molar-refractivity contribution in [3.05, 3.63) is 23.8 Å². The first-order valence-electron chi connectivity index (χ1n) is 9.20. The van der Waals surface area contributed by atoms with Gasteiger partial charge in [0.25, 0.3) is 5.91 Å². The van der Waals surface area contributed by atoms with Gasteiger partial charge in [0.2, 0.25) is 10.0 Å². The second-order valence-corrected chi connectivity index (χ2v) is 8.34. The van der Waals surface area contributed by atoms with Crippen molar-refractivity contribution in [3.8, 4) is 5.75 Å². The van der Waals surface area contributed by atoms with E-state index in [1.165, 1.54) is 23.5 Å². The molecule has 2 rings (SSSR count). The molecule has 1 unspecified atom stereocenters. The van der Waals surface area contributed by atoms with Crippen LogP contribution in [-0.4, -0.2) is 64.6 Å². The second-order valence-electron chi connectivity index (χ2n) is 6.43. The third-order valence-corrected chi connectivity index (χ3v) is 6.46. The molecule has 0 spiro atoms. The Balaban J connectivity index is 2.27. The smallest absolute Gasteiger partial charge is 0.251 e. The van der Waals surface area contributed by atoms with Gasteiger partial charge >= 0.3 is 0 Å². The van der Waals surface area contributed by atoms with Crippen molar-refractivity contribution in [1.29, 1.82) is 0 Å². The van der Waals surface area contributed by atoms with E-state index in [9.17, 15) is 13.2 Å². The molecule has 152 valence electrons. The fourth-order valence-electron chi connectivity index (χ4n) is 2.91. The van der Waals surface area contributed by atoms with E-state index in [4.69, 9.17) is 15.2 Å². The molecule has 3 N–H and O–H groups in total. The van der Waals surface area contributed by atoms with Crippen LogP contribution >= 0.6 is 0 Å². The first kappa shape index (κ1) is 21.6. The Morgan fingerprint density at radius 1 is 1.37 bits per heavy atom. The predicted molar refractivity (Wildman–Crippen MR) is 102 cm³/mol. The quantitative estimate of drug-likeness (QED) is 0.640. The van der Waals surface area contributed by atoms with E-state index >= 15 is 0 Å². The summed E-state index contributed by atoms with van der Waals surface area (Å²) < 4.78 is 37.8. The number of ether oxygens (including phenoxy) is 2. The van der Waals surface area contributed by atoms with Gasteiger partial charge in [0, 0.05) is 31.2 Å². The van der Waals surface area contributed by atoms with Gasteiger partial charge in [-0.05, 0) is 24.6 Å². The molecular weight excluding hydrogens is 370 g/mol. The highest BCUT2D eigenvalue weighted by atomic mass is 32.2. The summed E-state index contributed by atoms with van der Waals surface area (Å²) >= 11 is 0. The molecule has 1 fully saturated rings. The normalized spacial score (nSPS) is 16.7. The number of sulfonamides is 1. The number of benzene rings is 1. The minimum atomic E-state index is -3.79. The van der Waals surface area contributed by atoms with Crippen LogP contribution in [0, 0.1) is 0 Å². The van der Waals surface area contributed by atoms with E-state index < -0.39 is 10.0 Å². The van der Waals surface area contributed by atoms with Crippen LogP contribution in [-0.2, 0) is 14.8 Å². The van der Waals surface area contributed by atoms with Crippen LogP contribution in [0.4, 0.5) is 0 Å². The van der Waals surface area contributed by atoms with Gasteiger partial charge in [0.1, 0.15) is 10.6 Å². The summed E-state index contributed by atoms with van der Waals surface area (Å²) in [6.45, 7) is 3.64. The summed E-state index contributed by atoms with van der Waals surface area (Å²) in [5.41, 5.74) is 5.99. The number of morpholine rings is 1. The van der Waals surface area contributed by atoms with Crippen LogP contribution in [0.3, 0.4) is 0 Å². The lowest BCUT2D eigenvalue weighted by Crippen LogP contribution is -2.41. The van der Waals surface area contributed by atoms with Crippen LogP contribution < -0.4 is 15.8 Å². The summed E-state index contributed by atoms with van der Waals surface area (Å²) in [6.07, 6.45) is 2.76. The molecule has 9 heteroatoms.